The maximum atomic E-state index is 13.2. The second-order valence-electron chi connectivity index (χ2n) is 5.14. The number of anilines is 1. The first kappa shape index (κ1) is 14.2. The van der Waals surface area contributed by atoms with Crippen molar-refractivity contribution in [3.05, 3.63) is 29.6 Å². The van der Waals surface area contributed by atoms with Crippen molar-refractivity contribution in [1.82, 2.24) is 0 Å². The Labute approximate surface area is 116 Å². The third kappa shape index (κ3) is 4.13. The van der Waals surface area contributed by atoms with E-state index in [1.165, 1.54) is 19.2 Å². The molecule has 0 saturated heterocycles. The van der Waals surface area contributed by atoms with Crippen molar-refractivity contribution < 1.29 is 13.9 Å². The largest absolute Gasteiger partial charge is 0.469 e. The quantitative estimate of drug-likeness (QED) is 0.644. The van der Waals surface area contributed by atoms with Crippen LogP contribution in [0, 0.1) is 11.2 Å². The molecular formula is C14H18FNO2S. The second kappa shape index (κ2) is 5.82. The predicted octanol–water partition coefficient (Wildman–Crippen LogP) is 2.98. The Hall–Kier alpha value is -1.23. The number of halogens is 1. The maximum absolute atomic E-state index is 13.2. The molecule has 19 heavy (non-hydrogen) atoms. The summed E-state index contributed by atoms with van der Waals surface area (Å²) in [6.07, 6.45) is 2.63. The molecule has 2 rings (SSSR count). The van der Waals surface area contributed by atoms with Crippen LogP contribution in [0.5, 0.6) is 0 Å². The monoisotopic (exact) mass is 283 g/mol. The molecule has 0 aromatic heterocycles. The second-order valence-corrected chi connectivity index (χ2v) is 6.12. The minimum Gasteiger partial charge on any atom is -0.469 e. The average Bonchev–Trinajstić information content (AvgIpc) is 3.07. The van der Waals surface area contributed by atoms with Crippen molar-refractivity contribution in [3.8, 4) is 0 Å². The van der Waals surface area contributed by atoms with Gasteiger partial charge in [-0.1, -0.05) is 0 Å². The summed E-state index contributed by atoms with van der Waals surface area (Å²) in [6.45, 7) is 0. The number of esters is 1. The fourth-order valence-electron chi connectivity index (χ4n) is 2.07. The van der Waals surface area contributed by atoms with Gasteiger partial charge in [0.25, 0.3) is 0 Å². The van der Waals surface area contributed by atoms with E-state index in [2.05, 4.69) is 0 Å². The molecule has 0 aliphatic heterocycles. The van der Waals surface area contributed by atoms with Crippen LogP contribution in [0.3, 0.4) is 0 Å². The van der Waals surface area contributed by atoms with Crippen LogP contribution in [-0.4, -0.2) is 18.8 Å². The van der Waals surface area contributed by atoms with Crippen LogP contribution in [-0.2, 0) is 15.3 Å². The molecule has 0 bridgehead atoms. The van der Waals surface area contributed by atoms with E-state index in [0.717, 1.165) is 24.2 Å². The Balaban J connectivity index is 1.82. The summed E-state index contributed by atoms with van der Waals surface area (Å²) in [4.78, 5) is 11.3. The molecule has 1 saturated carbocycles. The van der Waals surface area contributed by atoms with Crippen LogP contribution in [0.15, 0.2) is 18.2 Å². The summed E-state index contributed by atoms with van der Waals surface area (Å²) < 4.78 is 17.9. The fourth-order valence-corrected chi connectivity index (χ4v) is 3.40. The van der Waals surface area contributed by atoms with E-state index in [1.807, 2.05) is 0 Å². The molecule has 5 heteroatoms. The first-order valence-corrected chi connectivity index (χ1v) is 7.38. The van der Waals surface area contributed by atoms with E-state index in [0.29, 0.717) is 17.9 Å². The van der Waals surface area contributed by atoms with Crippen molar-refractivity contribution in [2.24, 2.45) is 5.41 Å². The number of nitrogens with two attached hydrogens (primary N) is 1. The maximum Gasteiger partial charge on any atom is 0.306 e. The SMILES string of the molecule is COC(=O)CC1(CSCc2cc(N)cc(F)c2)CC1. The molecule has 0 atom stereocenters. The number of thioether (sulfide) groups is 1. The molecule has 1 aliphatic carbocycles. The Bertz CT molecular complexity index is 454. The van der Waals surface area contributed by atoms with Crippen molar-refractivity contribution >= 4 is 23.4 Å². The van der Waals surface area contributed by atoms with Crippen molar-refractivity contribution in [3.63, 3.8) is 0 Å². The van der Waals surface area contributed by atoms with Gasteiger partial charge in [-0.05, 0) is 47.8 Å². The lowest BCUT2D eigenvalue weighted by Gasteiger charge is -2.13. The highest BCUT2D eigenvalue weighted by Gasteiger charge is 2.44. The molecule has 104 valence electrons. The Morgan fingerprint density at radius 3 is 2.79 bits per heavy atom. The minimum absolute atomic E-state index is 0.108. The molecular weight excluding hydrogens is 265 g/mol. The van der Waals surface area contributed by atoms with Gasteiger partial charge in [0.1, 0.15) is 5.82 Å². The zero-order chi connectivity index (χ0) is 13.9. The standard InChI is InChI=1S/C14H18FNO2S/c1-18-13(17)7-14(2-3-14)9-19-8-10-4-11(15)6-12(16)5-10/h4-6H,2-3,7-9,16H2,1H3. The number of carbonyl (C=O) groups excluding carboxylic acids is 1. The van der Waals surface area contributed by atoms with Gasteiger partial charge in [0.2, 0.25) is 0 Å². The van der Waals surface area contributed by atoms with E-state index in [9.17, 15) is 9.18 Å². The normalized spacial score (nSPS) is 16.1. The first-order valence-electron chi connectivity index (χ1n) is 6.22. The van der Waals surface area contributed by atoms with E-state index in [-0.39, 0.29) is 17.2 Å². The molecule has 0 unspecified atom stereocenters. The van der Waals surface area contributed by atoms with Gasteiger partial charge < -0.3 is 10.5 Å². The van der Waals surface area contributed by atoms with Gasteiger partial charge >= 0.3 is 5.97 Å². The summed E-state index contributed by atoms with van der Waals surface area (Å²) in [5.74, 6) is 1.17. The van der Waals surface area contributed by atoms with Gasteiger partial charge in [-0.3, -0.25) is 4.79 Å². The molecule has 0 amide bonds. The molecule has 2 N–H and O–H groups in total. The summed E-state index contributed by atoms with van der Waals surface area (Å²) in [7, 11) is 1.42. The zero-order valence-electron chi connectivity index (χ0n) is 10.9. The highest BCUT2D eigenvalue weighted by atomic mass is 32.2. The Kier molecular flexibility index (Phi) is 4.34. The number of benzene rings is 1. The van der Waals surface area contributed by atoms with E-state index in [1.54, 1.807) is 17.8 Å². The van der Waals surface area contributed by atoms with Crippen LogP contribution in [0.4, 0.5) is 10.1 Å². The topological polar surface area (TPSA) is 52.3 Å². The van der Waals surface area contributed by atoms with Gasteiger partial charge in [-0.2, -0.15) is 11.8 Å². The molecule has 0 radical (unpaired) electrons. The molecule has 1 aromatic carbocycles. The Morgan fingerprint density at radius 2 is 2.21 bits per heavy atom. The van der Waals surface area contributed by atoms with E-state index < -0.39 is 0 Å². The number of rotatable bonds is 6. The number of hydrogen-bond acceptors (Lipinski definition) is 4. The van der Waals surface area contributed by atoms with Gasteiger partial charge in [0.05, 0.1) is 13.5 Å². The smallest absolute Gasteiger partial charge is 0.306 e. The van der Waals surface area contributed by atoms with E-state index >= 15 is 0 Å². The number of nitrogen functional groups attached to an aromatic ring is 1. The lowest BCUT2D eigenvalue weighted by atomic mass is 10.1. The molecule has 0 heterocycles. The summed E-state index contributed by atoms with van der Waals surface area (Å²) in [6, 6.07) is 4.60. The van der Waals surface area contributed by atoms with Gasteiger partial charge in [-0.25, -0.2) is 4.39 Å². The molecule has 1 fully saturated rings. The van der Waals surface area contributed by atoms with Crippen LogP contribution in [0.1, 0.15) is 24.8 Å². The number of carbonyl (C=O) groups is 1. The van der Waals surface area contributed by atoms with Crippen LogP contribution in [0.2, 0.25) is 0 Å². The molecule has 1 aromatic rings. The predicted molar refractivity (Wildman–Crippen MR) is 75.3 cm³/mol. The summed E-state index contributed by atoms with van der Waals surface area (Å²) >= 11 is 1.72. The van der Waals surface area contributed by atoms with Crippen molar-refractivity contribution in [2.75, 3.05) is 18.6 Å². The van der Waals surface area contributed by atoms with Crippen LogP contribution in [0.25, 0.3) is 0 Å². The fraction of sp³-hybridized carbons (Fsp3) is 0.500. The highest BCUT2D eigenvalue weighted by molar-refractivity contribution is 7.98. The highest BCUT2D eigenvalue weighted by Crippen LogP contribution is 2.51. The van der Waals surface area contributed by atoms with E-state index in [4.69, 9.17) is 10.5 Å². The van der Waals surface area contributed by atoms with Gasteiger partial charge in [-0.15, -0.1) is 0 Å². The number of hydrogen-bond donors (Lipinski definition) is 1. The van der Waals surface area contributed by atoms with Crippen LogP contribution < -0.4 is 5.73 Å². The van der Waals surface area contributed by atoms with Gasteiger partial charge in [0, 0.05) is 11.4 Å². The summed E-state index contributed by atoms with van der Waals surface area (Å²) in [5.41, 5.74) is 7.05. The Morgan fingerprint density at radius 1 is 1.47 bits per heavy atom. The zero-order valence-corrected chi connectivity index (χ0v) is 11.8. The lowest BCUT2D eigenvalue weighted by Crippen LogP contribution is -2.13. The molecule has 1 aliphatic rings. The molecule has 3 nitrogen and oxygen atoms in total. The van der Waals surface area contributed by atoms with Crippen molar-refractivity contribution in [1.29, 1.82) is 0 Å². The third-order valence-electron chi connectivity index (χ3n) is 3.36. The number of methoxy groups -OCH3 is 1. The van der Waals surface area contributed by atoms with Crippen LogP contribution >= 0.6 is 11.8 Å². The average molecular weight is 283 g/mol. The minimum atomic E-state index is -0.300. The lowest BCUT2D eigenvalue weighted by molar-refractivity contribution is -0.141. The summed E-state index contributed by atoms with van der Waals surface area (Å²) in [5, 5.41) is 0. The van der Waals surface area contributed by atoms with Crippen molar-refractivity contribution in [2.45, 2.75) is 25.0 Å². The third-order valence-corrected chi connectivity index (χ3v) is 4.71. The first-order chi connectivity index (χ1) is 9.03. The number of ether oxygens (including phenoxy) is 1. The van der Waals surface area contributed by atoms with Gasteiger partial charge in [0.15, 0.2) is 0 Å². The molecule has 0 spiro atoms.